The maximum Gasteiger partial charge on any atom is 0.265 e. The molecule has 5 nitrogen and oxygen atoms in total. The Balaban J connectivity index is 2.27. The number of hydrogen-bond acceptors (Lipinski definition) is 4. The summed E-state index contributed by atoms with van der Waals surface area (Å²) >= 11 is 0. The largest absolute Gasteiger partial charge is 0.494 e. The van der Waals surface area contributed by atoms with E-state index in [-0.39, 0.29) is 4.90 Å². The lowest BCUT2D eigenvalue weighted by Gasteiger charge is -2.18. The molecule has 0 bridgehead atoms. The van der Waals surface area contributed by atoms with E-state index in [4.69, 9.17) is 4.74 Å². The number of nitrogens with zero attached hydrogens (tertiary/aromatic N) is 2. The third kappa shape index (κ3) is 2.33. The lowest BCUT2D eigenvalue weighted by Crippen LogP contribution is -2.32. The van der Waals surface area contributed by atoms with Gasteiger partial charge in [-0.05, 0) is 38.1 Å². The Kier molecular flexibility index (Phi) is 3.56. The molecule has 1 aliphatic heterocycles. The van der Waals surface area contributed by atoms with Crippen LogP contribution >= 0.6 is 0 Å². The number of amidine groups is 1. The molecule has 2 rings (SSSR count). The van der Waals surface area contributed by atoms with Crippen LogP contribution in [0.5, 0.6) is 5.75 Å². The Morgan fingerprint density at radius 2 is 2.00 bits per heavy atom. The second-order valence-electron chi connectivity index (χ2n) is 3.91. The summed E-state index contributed by atoms with van der Waals surface area (Å²) in [5.41, 5.74) is 0. The molecule has 18 heavy (non-hydrogen) atoms. The fourth-order valence-electron chi connectivity index (χ4n) is 1.84. The van der Waals surface area contributed by atoms with Crippen LogP contribution < -0.4 is 4.74 Å². The average Bonchev–Trinajstić information content (AvgIpc) is 2.77. The molecule has 0 atom stereocenters. The zero-order valence-electron chi connectivity index (χ0n) is 10.5. The fourth-order valence-corrected chi connectivity index (χ4v) is 3.30. The van der Waals surface area contributed by atoms with Crippen LogP contribution in [0.15, 0.2) is 34.2 Å². The average molecular weight is 268 g/mol. The molecular weight excluding hydrogens is 252 g/mol. The van der Waals surface area contributed by atoms with Gasteiger partial charge in [0.1, 0.15) is 11.6 Å². The van der Waals surface area contributed by atoms with Crippen molar-refractivity contribution < 1.29 is 13.2 Å². The van der Waals surface area contributed by atoms with Crippen LogP contribution in [0, 0.1) is 0 Å². The molecule has 0 fully saturated rings. The Hall–Kier alpha value is -1.56. The van der Waals surface area contributed by atoms with Gasteiger partial charge in [0.2, 0.25) is 0 Å². The van der Waals surface area contributed by atoms with Crippen molar-refractivity contribution in [2.75, 3.05) is 19.7 Å². The van der Waals surface area contributed by atoms with Crippen molar-refractivity contribution in [3.63, 3.8) is 0 Å². The number of hydrogen-bond donors (Lipinski definition) is 0. The van der Waals surface area contributed by atoms with Gasteiger partial charge in [0, 0.05) is 0 Å². The van der Waals surface area contributed by atoms with Gasteiger partial charge < -0.3 is 4.74 Å². The van der Waals surface area contributed by atoms with E-state index in [2.05, 4.69) is 4.99 Å². The molecule has 1 aromatic carbocycles. The van der Waals surface area contributed by atoms with Crippen molar-refractivity contribution in [1.82, 2.24) is 4.31 Å². The molecular formula is C12H16N2O3S. The summed E-state index contributed by atoms with van der Waals surface area (Å²) in [7, 11) is -3.47. The van der Waals surface area contributed by atoms with Crippen LogP contribution in [-0.4, -0.2) is 38.3 Å². The molecule has 98 valence electrons. The topological polar surface area (TPSA) is 59.0 Å². The number of benzene rings is 1. The second kappa shape index (κ2) is 4.97. The van der Waals surface area contributed by atoms with Crippen molar-refractivity contribution in [2.45, 2.75) is 18.7 Å². The molecule has 6 heteroatoms. The monoisotopic (exact) mass is 268 g/mol. The van der Waals surface area contributed by atoms with Gasteiger partial charge in [-0.1, -0.05) is 0 Å². The third-order valence-corrected chi connectivity index (χ3v) is 4.62. The molecule has 1 aliphatic rings. The zero-order chi connectivity index (χ0) is 13.2. The maximum atomic E-state index is 12.3. The standard InChI is InChI=1S/C12H16N2O3S/c1-3-17-11-4-6-12(7-5-11)18(15,16)14-9-8-13-10(14)2/h4-7H,3,8-9H2,1-2H3. The molecule has 0 unspecified atom stereocenters. The summed E-state index contributed by atoms with van der Waals surface area (Å²) in [5.74, 6) is 1.21. The first-order valence-electron chi connectivity index (χ1n) is 5.82. The fraction of sp³-hybridized carbons (Fsp3) is 0.417. The summed E-state index contributed by atoms with van der Waals surface area (Å²) in [4.78, 5) is 4.36. The normalized spacial score (nSPS) is 15.7. The van der Waals surface area contributed by atoms with E-state index >= 15 is 0 Å². The van der Waals surface area contributed by atoms with Crippen molar-refractivity contribution >= 4 is 15.9 Å². The highest BCUT2D eigenvalue weighted by Crippen LogP contribution is 2.21. The second-order valence-corrected chi connectivity index (χ2v) is 5.77. The van der Waals surface area contributed by atoms with Gasteiger partial charge in [0.25, 0.3) is 10.0 Å². The van der Waals surface area contributed by atoms with E-state index in [1.54, 1.807) is 31.2 Å². The van der Waals surface area contributed by atoms with Crippen LogP contribution in [0.3, 0.4) is 0 Å². The van der Waals surface area contributed by atoms with Gasteiger partial charge >= 0.3 is 0 Å². The Bertz CT molecular complexity index is 549. The van der Waals surface area contributed by atoms with E-state index < -0.39 is 10.0 Å². The Labute approximate surface area is 107 Å². The first-order chi connectivity index (χ1) is 8.55. The molecule has 0 spiro atoms. The molecule has 0 N–H and O–H groups in total. The highest BCUT2D eigenvalue weighted by atomic mass is 32.2. The van der Waals surface area contributed by atoms with E-state index in [0.29, 0.717) is 31.3 Å². The van der Waals surface area contributed by atoms with Crippen molar-refractivity contribution in [3.8, 4) is 5.75 Å². The Morgan fingerprint density at radius 1 is 1.33 bits per heavy atom. The SMILES string of the molecule is CCOc1ccc(S(=O)(=O)N2CCN=C2C)cc1. The molecule has 1 heterocycles. The quantitative estimate of drug-likeness (QED) is 0.831. The van der Waals surface area contributed by atoms with E-state index in [1.807, 2.05) is 6.92 Å². The minimum Gasteiger partial charge on any atom is -0.494 e. The number of sulfonamides is 1. The minimum atomic E-state index is -3.47. The van der Waals surface area contributed by atoms with Gasteiger partial charge in [-0.2, -0.15) is 0 Å². The van der Waals surface area contributed by atoms with Gasteiger partial charge in [-0.15, -0.1) is 0 Å². The third-order valence-electron chi connectivity index (χ3n) is 2.73. The van der Waals surface area contributed by atoms with Gasteiger partial charge in [-0.25, -0.2) is 8.42 Å². The lowest BCUT2D eigenvalue weighted by atomic mass is 10.3. The smallest absolute Gasteiger partial charge is 0.265 e. The maximum absolute atomic E-state index is 12.3. The van der Waals surface area contributed by atoms with Gasteiger partial charge in [-0.3, -0.25) is 9.30 Å². The van der Waals surface area contributed by atoms with Crippen molar-refractivity contribution in [3.05, 3.63) is 24.3 Å². The summed E-state index contributed by atoms with van der Waals surface area (Å²) < 4.78 is 31.3. The van der Waals surface area contributed by atoms with Crippen LogP contribution in [0.25, 0.3) is 0 Å². The first-order valence-corrected chi connectivity index (χ1v) is 7.26. The number of rotatable bonds is 4. The molecule has 0 saturated carbocycles. The van der Waals surface area contributed by atoms with Crippen LogP contribution in [0.2, 0.25) is 0 Å². The van der Waals surface area contributed by atoms with Gasteiger partial charge in [0.15, 0.2) is 0 Å². The van der Waals surface area contributed by atoms with Crippen molar-refractivity contribution in [1.29, 1.82) is 0 Å². The molecule has 0 saturated heterocycles. The van der Waals surface area contributed by atoms with E-state index in [0.717, 1.165) is 0 Å². The minimum absolute atomic E-state index is 0.266. The molecule has 1 aromatic rings. The van der Waals surface area contributed by atoms with Crippen LogP contribution in [-0.2, 0) is 10.0 Å². The van der Waals surface area contributed by atoms with E-state index in [1.165, 1.54) is 4.31 Å². The Morgan fingerprint density at radius 3 is 2.50 bits per heavy atom. The highest BCUT2D eigenvalue weighted by Gasteiger charge is 2.27. The van der Waals surface area contributed by atoms with Crippen LogP contribution in [0.1, 0.15) is 13.8 Å². The summed E-state index contributed by atoms with van der Waals surface area (Å²) in [6, 6.07) is 6.45. The van der Waals surface area contributed by atoms with E-state index in [9.17, 15) is 8.42 Å². The molecule has 0 radical (unpaired) electrons. The highest BCUT2D eigenvalue weighted by molar-refractivity contribution is 7.89. The molecule has 0 amide bonds. The predicted molar refractivity (Wildman–Crippen MR) is 69.5 cm³/mol. The predicted octanol–water partition coefficient (Wildman–Crippen LogP) is 1.51. The number of aliphatic imine (C=N–C) groups is 1. The molecule has 0 aliphatic carbocycles. The summed E-state index contributed by atoms with van der Waals surface area (Å²) in [6.45, 7) is 5.10. The first kappa shape index (κ1) is 12.9. The number of ether oxygens (including phenoxy) is 1. The van der Waals surface area contributed by atoms with Crippen LogP contribution in [0.4, 0.5) is 0 Å². The zero-order valence-corrected chi connectivity index (χ0v) is 11.3. The lowest BCUT2D eigenvalue weighted by molar-refractivity contribution is 0.340. The summed E-state index contributed by atoms with van der Waals surface area (Å²) in [5, 5.41) is 0. The summed E-state index contributed by atoms with van der Waals surface area (Å²) in [6.07, 6.45) is 0. The molecule has 0 aromatic heterocycles. The van der Waals surface area contributed by atoms with Gasteiger partial charge in [0.05, 0.1) is 24.6 Å². The van der Waals surface area contributed by atoms with Crippen molar-refractivity contribution in [2.24, 2.45) is 4.99 Å².